The van der Waals surface area contributed by atoms with Crippen molar-refractivity contribution < 1.29 is 14.1 Å². The summed E-state index contributed by atoms with van der Waals surface area (Å²) in [6, 6.07) is 8.18. The third-order valence-electron chi connectivity index (χ3n) is 5.97. The Hall–Kier alpha value is -3.95. The van der Waals surface area contributed by atoms with Gasteiger partial charge in [0, 0.05) is 45.0 Å². The molecule has 0 radical (unpaired) electrons. The van der Waals surface area contributed by atoms with E-state index < -0.39 is 0 Å². The van der Waals surface area contributed by atoms with Gasteiger partial charge in [0.15, 0.2) is 5.65 Å². The van der Waals surface area contributed by atoms with Crippen LogP contribution in [0.2, 0.25) is 0 Å². The van der Waals surface area contributed by atoms with Gasteiger partial charge in [-0.3, -0.25) is 4.79 Å². The van der Waals surface area contributed by atoms with E-state index in [1.54, 1.807) is 12.4 Å². The number of fused-ring (bicyclic) bond motifs is 1. The third kappa shape index (κ3) is 4.30. The predicted molar refractivity (Wildman–Crippen MR) is 128 cm³/mol. The molecule has 4 heterocycles. The molecular formula is C24H27N7O3. The van der Waals surface area contributed by atoms with Crippen LogP contribution in [0, 0.1) is 0 Å². The molecule has 0 amide bonds. The minimum atomic E-state index is -0.206. The Balaban J connectivity index is 1.47. The van der Waals surface area contributed by atoms with E-state index in [1.807, 2.05) is 25.7 Å². The number of hydrogen-bond donors (Lipinski definition) is 1. The number of carbonyl (C=O) groups excluding carboxylic acids is 1. The number of nitrogens with zero attached hydrogens (tertiary/aromatic N) is 6. The van der Waals surface area contributed by atoms with Crippen LogP contribution in [-0.2, 0) is 22.5 Å². The van der Waals surface area contributed by atoms with Crippen LogP contribution in [0.15, 0.2) is 41.2 Å². The molecule has 10 heteroatoms. The lowest BCUT2D eigenvalue weighted by atomic mass is 10.1. The first-order chi connectivity index (χ1) is 16.5. The van der Waals surface area contributed by atoms with Gasteiger partial charge in [-0.1, -0.05) is 17.3 Å². The van der Waals surface area contributed by atoms with E-state index in [9.17, 15) is 4.79 Å². The predicted octanol–water partition coefficient (Wildman–Crippen LogP) is 3.28. The Labute approximate surface area is 196 Å². The van der Waals surface area contributed by atoms with Gasteiger partial charge < -0.3 is 19.5 Å². The van der Waals surface area contributed by atoms with Gasteiger partial charge >= 0.3 is 5.97 Å². The summed E-state index contributed by atoms with van der Waals surface area (Å²) < 4.78 is 12.5. The topological polar surface area (TPSA) is 111 Å². The molecule has 0 aliphatic carbocycles. The van der Waals surface area contributed by atoms with Gasteiger partial charge in [-0.2, -0.15) is 10.1 Å². The molecule has 1 aliphatic heterocycles. The molecule has 1 aliphatic rings. The molecule has 34 heavy (non-hydrogen) atoms. The summed E-state index contributed by atoms with van der Waals surface area (Å²) in [6.07, 6.45) is 5.07. The van der Waals surface area contributed by atoms with Crippen molar-refractivity contribution in [3.05, 3.63) is 48.1 Å². The first-order valence-electron chi connectivity index (χ1n) is 11.4. The molecule has 0 saturated carbocycles. The normalized spacial score (nSPS) is 16.0. The molecular weight excluding hydrogens is 434 g/mol. The highest BCUT2D eigenvalue weighted by atomic mass is 16.5. The highest BCUT2D eigenvalue weighted by molar-refractivity contribution is 5.97. The van der Waals surface area contributed by atoms with E-state index >= 15 is 0 Å². The fourth-order valence-corrected chi connectivity index (χ4v) is 4.11. The second-order valence-corrected chi connectivity index (χ2v) is 8.55. The van der Waals surface area contributed by atoms with E-state index in [-0.39, 0.29) is 12.0 Å². The summed E-state index contributed by atoms with van der Waals surface area (Å²) in [4.78, 5) is 23.2. The van der Waals surface area contributed by atoms with Gasteiger partial charge in [0.25, 0.3) is 0 Å². The number of rotatable bonds is 7. The fourth-order valence-electron chi connectivity index (χ4n) is 4.11. The Morgan fingerprint density at radius 1 is 1.21 bits per heavy atom. The van der Waals surface area contributed by atoms with E-state index in [2.05, 4.69) is 54.7 Å². The molecule has 5 rings (SSSR count). The molecule has 3 aromatic heterocycles. The van der Waals surface area contributed by atoms with Crippen molar-refractivity contribution in [2.75, 3.05) is 30.9 Å². The minimum absolute atomic E-state index is 0.0582. The van der Waals surface area contributed by atoms with Crippen molar-refractivity contribution in [3.63, 3.8) is 0 Å². The molecule has 1 saturated heterocycles. The van der Waals surface area contributed by atoms with E-state index in [4.69, 9.17) is 9.26 Å². The van der Waals surface area contributed by atoms with Crippen molar-refractivity contribution in [1.29, 1.82) is 0 Å². The summed E-state index contributed by atoms with van der Waals surface area (Å²) >= 11 is 0. The second kappa shape index (κ2) is 9.12. The molecule has 4 aromatic rings. The molecule has 176 valence electrons. The monoisotopic (exact) mass is 461 g/mol. The standard InChI is InChI=1S/C24H27N7O3/c1-4-31-24-19(14-26-31)22(27-16-9-10-33-21(32)12-16)18(13-25-24)23-28-20(34-29-23)11-15-5-7-17(8-6-15)30(2)3/h5-8,13-14,16H,4,9-12H2,1-3H3,(H,25,27). The van der Waals surface area contributed by atoms with Gasteiger partial charge in [-0.15, -0.1) is 0 Å². The summed E-state index contributed by atoms with van der Waals surface area (Å²) in [6.45, 7) is 3.11. The Morgan fingerprint density at radius 2 is 2.03 bits per heavy atom. The molecule has 10 nitrogen and oxygen atoms in total. The van der Waals surface area contributed by atoms with E-state index in [0.29, 0.717) is 43.3 Å². The molecule has 1 aromatic carbocycles. The van der Waals surface area contributed by atoms with Crippen molar-refractivity contribution >= 4 is 28.4 Å². The van der Waals surface area contributed by atoms with Crippen molar-refractivity contribution in [2.45, 2.75) is 38.8 Å². The number of aryl methyl sites for hydroxylation is 1. The van der Waals surface area contributed by atoms with Gasteiger partial charge in [0.1, 0.15) is 0 Å². The van der Waals surface area contributed by atoms with Crippen molar-refractivity contribution in [3.8, 4) is 11.4 Å². The molecule has 1 fully saturated rings. The molecule has 0 spiro atoms. The first kappa shape index (κ1) is 21.9. The zero-order valence-corrected chi connectivity index (χ0v) is 19.5. The summed E-state index contributed by atoms with van der Waals surface area (Å²) in [7, 11) is 4.02. The van der Waals surface area contributed by atoms with Crippen LogP contribution in [-0.4, -0.2) is 57.6 Å². The minimum Gasteiger partial charge on any atom is -0.466 e. The van der Waals surface area contributed by atoms with Gasteiger partial charge in [0.2, 0.25) is 11.7 Å². The molecule has 1 atom stereocenters. The van der Waals surface area contributed by atoms with E-state index in [0.717, 1.165) is 34.4 Å². The van der Waals surface area contributed by atoms with Crippen LogP contribution in [0.3, 0.4) is 0 Å². The lowest BCUT2D eigenvalue weighted by Gasteiger charge is -2.24. The Bertz CT molecular complexity index is 1310. The third-order valence-corrected chi connectivity index (χ3v) is 5.97. The molecule has 0 bridgehead atoms. The molecule has 1 N–H and O–H groups in total. The lowest BCUT2D eigenvalue weighted by Crippen LogP contribution is -2.31. The van der Waals surface area contributed by atoms with Crippen molar-refractivity contribution in [2.24, 2.45) is 0 Å². The number of pyridine rings is 1. The number of aromatic nitrogens is 5. The number of anilines is 2. The first-order valence-corrected chi connectivity index (χ1v) is 11.4. The number of nitrogens with one attached hydrogen (secondary N) is 1. The van der Waals surface area contributed by atoms with Gasteiger partial charge in [-0.25, -0.2) is 9.67 Å². The summed E-state index contributed by atoms with van der Waals surface area (Å²) in [5, 5.41) is 13.1. The average Bonchev–Trinajstić information content (AvgIpc) is 3.47. The summed E-state index contributed by atoms with van der Waals surface area (Å²) in [5.74, 6) is 0.755. The zero-order valence-electron chi connectivity index (χ0n) is 19.5. The average molecular weight is 462 g/mol. The zero-order chi connectivity index (χ0) is 23.7. The SMILES string of the molecule is CCn1ncc2c(NC3CCOC(=O)C3)c(-c3noc(Cc4ccc(N(C)C)cc4)n3)cnc21. The highest BCUT2D eigenvalue weighted by Gasteiger charge is 2.25. The highest BCUT2D eigenvalue weighted by Crippen LogP contribution is 2.34. The van der Waals surface area contributed by atoms with Crippen LogP contribution in [0.4, 0.5) is 11.4 Å². The quantitative estimate of drug-likeness (QED) is 0.414. The number of ether oxygens (including phenoxy) is 1. The Morgan fingerprint density at radius 3 is 2.76 bits per heavy atom. The maximum absolute atomic E-state index is 11.8. The fraction of sp³-hybridized carbons (Fsp3) is 0.375. The largest absolute Gasteiger partial charge is 0.466 e. The van der Waals surface area contributed by atoms with Gasteiger partial charge in [-0.05, 0) is 24.6 Å². The number of cyclic esters (lactones) is 1. The maximum Gasteiger partial charge on any atom is 0.307 e. The van der Waals surface area contributed by atoms with Crippen LogP contribution in [0.1, 0.15) is 31.2 Å². The smallest absolute Gasteiger partial charge is 0.307 e. The van der Waals surface area contributed by atoms with Crippen LogP contribution in [0.25, 0.3) is 22.4 Å². The number of esters is 1. The van der Waals surface area contributed by atoms with Crippen molar-refractivity contribution in [1.82, 2.24) is 24.9 Å². The lowest BCUT2D eigenvalue weighted by molar-refractivity contribution is -0.147. The second-order valence-electron chi connectivity index (χ2n) is 8.55. The number of hydrogen-bond acceptors (Lipinski definition) is 9. The van der Waals surface area contributed by atoms with Crippen LogP contribution >= 0.6 is 0 Å². The number of benzene rings is 1. The van der Waals surface area contributed by atoms with Crippen LogP contribution in [0.5, 0.6) is 0 Å². The summed E-state index contributed by atoms with van der Waals surface area (Å²) in [5.41, 5.74) is 4.48. The van der Waals surface area contributed by atoms with E-state index in [1.165, 1.54) is 0 Å². The Kier molecular flexibility index (Phi) is 5.87. The number of carbonyl (C=O) groups is 1. The maximum atomic E-state index is 11.8. The molecule has 1 unspecified atom stereocenters. The van der Waals surface area contributed by atoms with Gasteiger partial charge in [0.05, 0.1) is 42.3 Å². The van der Waals surface area contributed by atoms with Crippen LogP contribution < -0.4 is 10.2 Å².